The van der Waals surface area contributed by atoms with Crippen LogP contribution in [0, 0.1) is 5.92 Å². The molecule has 0 bridgehead atoms. The van der Waals surface area contributed by atoms with Crippen molar-refractivity contribution in [3.63, 3.8) is 0 Å². The smallest absolute Gasteiger partial charge is 0.309 e. The molecule has 17 nitrogen and oxygen atoms in total. The Kier molecular flexibility index (Phi) is 13.5. The molecule has 3 rings (SSSR count). The number of esters is 1. The lowest BCUT2D eigenvalue weighted by atomic mass is 9.96. The quantitative estimate of drug-likeness (QED) is 0.0806. The molecule has 0 aromatic heterocycles. The van der Waals surface area contributed by atoms with Crippen LogP contribution in [0.1, 0.15) is 39.5 Å². The van der Waals surface area contributed by atoms with Crippen LogP contribution >= 0.6 is 0 Å². The summed E-state index contributed by atoms with van der Waals surface area (Å²) >= 11 is 0. The molecule has 3 aliphatic heterocycles. The van der Waals surface area contributed by atoms with Gasteiger partial charge in [-0.15, -0.1) is 0 Å². The Morgan fingerprint density at radius 1 is 0.791 bits per heavy atom. The van der Waals surface area contributed by atoms with Crippen molar-refractivity contribution in [2.75, 3.05) is 26.4 Å². The van der Waals surface area contributed by atoms with Gasteiger partial charge in [-0.3, -0.25) is 4.79 Å². The topological polar surface area (TPSA) is 275 Å². The molecule has 3 heterocycles. The van der Waals surface area contributed by atoms with Gasteiger partial charge in [-0.05, 0) is 12.8 Å². The largest absolute Gasteiger partial charge is 0.454 e. The maximum atomic E-state index is 13.1. The van der Waals surface area contributed by atoms with Crippen LogP contribution in [0.25, 0.3) is 0 Å². The molecule has 3 saturated heterocycles. The summed E-state index contributed by atoms with van der Waals surface area (Å²) in [6.07, 6.45) is -19.6. The van der Waals surface area contributed by atoms with Crippen LogP contribution in [0.5, 0.6) is 0 Å². The van der Waals surface area contributed by atoms with Gasteiger partial charge in [-0.1, -0.05) is 26.7 Å². The van der Waals surface area contributed by atoms with E-state index in [2.05, 4.69) is 0 Å². The molecule has 43 heavy (non-hydrogen) atoms. The second-order valence-corrected chi connectivity index (χ2v) is 11.1. The fraction of sp³-hybridized carbons (Fsp3) is 0.962. The summed E-state index contributed by atoms with van der Waals surface area (Å²) in [4.78, 5) is 13.1. The van der Waals surface area contributed by atoms with Crippen LogP contribution in [-0.2, 0) is 33.2 Å². The van der Waals surface area contributed by atoms with E-state index in [4.69, 9.17) is 28.4 Å². The maximum Gasteiger partial charge on any atom is 0.309 e. The third kappa shape index (κ3) is 7.82. The molecular formula is C26H46O17. The molecule has 3 aliphatic rings. The Morgan fingerprint density at radius 3 is 1.98 bits per heavy atom. The van der Waals surface area contributed by atoms with Crippen molar-refractivity contribution in [1.29, 1.82) is 0 Å². The molecular weight excluding hydrogens is 584 g/mol. The molecule has 0 amide bonds. The van der Waals surface area contributed by atoms with E-state index in [0.29, 0.717) is 19.3 Å². The zero-order chi connectivity index (χ0) is 32.1. The molecule has 15 atom stereocenters. The third-order valence-electron chi connectivity index (χ3n) is 8.12. The van der Waals surface area contributed by atoms with Crippen molar-refractivity contribution in [3.05, 3.63) is 0 Å². The first-order chi connectivity index (χ1) is 20.4. The number of aliphatic hydroxyl groups is 10. The first-order valence-corrected chi connectivity index (χ1v) is 14.5. The van der Waals surface area contributed by atoms with Gasteiger partial charge in [0.25, 0.3) is 0 Å². The summed E-state index contributed by atoms with van der Waals surface area (Å²) < 4.78 is 33.2. The third-order valence-corrected chi connectivity index (χ3v) is 8.12. The highest BCUT2D eigenvalue weighted by Gasteiger charge is 2.59. The lowest BCUT2D eigenvalue weighted by molar-refractivity contribution is -0.388. The van der Waals surface area contributed by atoms with E-state index >= 15 is 0 Å². The molecule has 1 unspecified atom stereocenters. The average Bonchev–Trinajstić information content (AvgIpc) is 3.24. The van der Waals surface area contributed by atoms with Gasteiger partial charge < -0.3 is 79.5 Å². The van der Waals surface area contributed by atoms with E-state index in [9.17, 15) is 55.9 Å². The predicted octanol–water partition coefficient (Wildman–Crippen LogP) is -4.80. The summed E-state index contributed by atoms with van der Waals surface area (Å²) in [6.45, 7) is 0.481. The Bertz CT molecular complexity index is 864. The monoisotopic (exact) mass is 630 g/mol. The number of ether oxygens (including phenoxy) is 6. The highest BCUT2D eigenvalue weighted by molar-refractivity contribution is 5.72. The minimum atomic E-state index is -2.42. The van der Waals surface area contributed by atoms with Gasteiger partial charge in [0.15, 0.2) is 12.4 Å². The van der Waals surface area contributed by atoms with Crippen LogP contribution in [-0.4, -0.2) is 169 Å². The molecule has 0 aliphatic carbocycles. The van der Waals surface area contributed by atoms with Crippen molar-refractivity contribution in [3.8, 4) is 0 Å². The van der Waals surface area contributed by atoms with Crippen molar-refractivity contribution < 1.29 is 84.3 Å². The van der Waals surface area contributed by atoms with Gasteiger partial charge in [0, 0.05) is 0 Å². The molecule has 0 saturated carbocycles. The van der Waals surface area contributed by atoms with Crippen molar-refractivity contribution >= 4 is 5.97 Å². The van der Waals surface area contributed by atoms with E-state index in [0.717, 1.165) is 6.42 Å². The van der Waals surface area contributed by atoms with Gasteiger partial charge in [0.2, 0.25) is 12.1 Å². The van der Waals surface area contributed by atoms with Gasteiger partial charge in [-0.2, -0.15) is 0 Å². The van der Waals surface area contributed by atoms with Crippen molar-refractivity contribution in [2.24, 2.45) is 5.92 Å². The number of aliphatic hydroxyl groups excluding tert-OH is 10. The van der Waals surface area contributed by atoms with Crippen LogP contribution in [0.2, 0.25) is 0 Å². The van der Waals surface area contributed by atoms with Gasteiger partial charge in [-0.25, -0.2) is 0 Å². The van der Waals surface area contributed by atoms with E-state index in [-0.39, 0.29) is 0 Å². The summed E-state index contributed by atoms with van der Waals surface area (Å²) in [5, 5.41) is 102. The van der Waals surface area contributed by atoms with Crippen LogP contribution < -0.4 is 0 Å². The van der Waals surface area contributed by atoms with Crippen LogP contribution in [0.15, 0.2) is 0 Å². The number of hydrogen-bond donors (Lipinski definition) is 10. The fourth-order valence-electron chi connectivity index (χ4n) is 5.29. The fourth-order valence-corrected chi connectivity index (χ4v) is 5.29. The van der Waals surface area contributed by atoms with Crippen molar-refractivity contribution in [1.82, 2.24) is 0 Å². The van der Waals surface area contributed by atoms with E-state index in [1.54, 1.807) is 6.92 Å². The van der Waals surface area contributed by atoms with E-state index < -0.39 is 124 Å². The Balaban J connectivity index is 1.84. The average molecular weight is 631 g/mol. The second-order valence-electron chi connectivity index (χ2n) is 11.1. The Morgan fingerprint density at radius 2 is 1.42 bits per heavy atom. The second kappa shape index (κ2) is 15.9. The molecule has 0 aromatic carbocycles. The van der Waals surface area contributed by atoms with Gasteiger partial charge in [0.1, 0.15) is 67.6 Å². The standard InChI is InChI=1S/C26H46O17/c1-3-5-6-11(4-2)23(37)41-21-19(34)16(31)14(9-38-24-20(35)18(33)15(30)12(7-27)39-24)40-25(21)43-26(10-29)22(36)17(32)13(8-28)42-26/h11-22,24-25,27-36H,3-10H2,1-2H3/t11?,12-,13-,14-,15+,16-,17-,18+,19+,20-,21-,22+,24+,25-,26+/m1/s1. The molecule has 0 spiro atoms. The van der Waals surface area contributed by atoms with E-state index in [1.165, 1.54) is 0 Å². The number of carbonyl (C=O) groups is 1. The summed E-state index contributed by atoms with van der Waals surface area (Å²) in [5.41, 5.74) is 0. The predicted molar refractivity (Wildman–Crippen MR) is 138 cm³/mol. The zero-order valence-electron chi connectivity index (χ0n) is 24.1. The molecule has 252 valence electrons. The molecule has 0 radical (unpaired) electrons. The first-order valence-electron chi connectivity index (χ1n) is 14.5. The SMILES string of the molecule is CCCCC(CC)C(=O)O[C@H]1[C@@H](O[C@]2(CO)O[C@H](CO)[C@@H](O)[C@@H]2O)O[C@H](CO[C@H]2O[C@H](CO)[C@H](O)[C@H](O)[C@H]2O)[C@@H](O)[C@@H]1O. The number of unbranched alkanes of at least 4 members (excludes halogenated alkanes) is 1. The summed E-state index contributed by atoms with van der Waals surface area (Å²) in [7, 11) is 0. The lowest BCUT2D eigenvalue weighted by Crippen LogP contribution is -2.64. The summed E-state index contributed by atoms with van der Waals surface area (Å²) in [6, 6.07) is 0. The minimum absolute atomic E-state index is 0.402. The zero-order valence-corrected chi connectivity index (χ0v) is 24.1. The van der Waals surface area contributed by atoms with E-state index in [1.807, 2.05) is 6.92 Å². The Labute approximate surface area is 248 Å². The van der Waals surface area contributed by atoms with Gasteiger partial charge >= 0.3 is 5.97 Å². The van der Waals surface area contributed by atoms with Gasteiger partial charge in [0.05, 0.1) is 25.7 Å². The minimum Gasteiger partial charge on any atom is -0.454 e. The van der Waals surface area contributed by atoms with Crippen LogP contribution in [0.3, 0.4) is 0 Å². The summed E-state index contributed by atoms with van der Waals surface area (Å²) in [5.74, 6) is -3.73. The number of rotatable bonds is 14. The molecule has 17 heteroatoms. The maximum absolute atomic E-state index is 13.1. The highest BCUT2D eigenvalue weighted by atomic mass is 16.8. The Hall–Kier alpha value is -1.13. The first kappa shape index (κ1) is 36.3. The van der Waals surface area contributed by atoms with Crippen molar-refractivity contribution in [2.45, 2.75) is 125 Å². The van der Waals surface area contributed by atoms with Crippen LogP contribution in [0.4, 0.5) is 0 Å². The number of carbonyl (C=O) groups excluding carboxylic acids is 1. The number of hydrogen-bond acceptors (Lipinski definition) is 17. The lowest BCUT2D eigenvalue weighted by Gasteiger charge is -2.45. The molecule has 0 aromatic rings. The highest BCUT2D eigenvalue weighted by Crippen LogP contribution is 2.37. The molecule has 3 fully saturated rings. The molecule has 10 N–H and O–H groups in total. The normalized spacial score (nSPS) is 44.3.